The van der Waals surface area contributed by atoms with Gasteiger partial charge in [0.25, 0.3) is 0 Å². The van der Waals surface area contributed by atoms with E-state index in [9.17, 15) is 9.90 Å². The Balaban J connectivity index is 2.18. The molecule has 0 amide bonds. The van der Waals surface area contributed by atoms with Crippen molar-refractivity contribution in [1.29, 1.82) is 0 Å². The Kier molecular flexibility index (Phi) is 3.85. The third-order valence-electron chi connectivity index (χ3n) is 3.66. The average molecular weight is 309 g/mol. The van der Waals surface area contributed by atoms with Gasteiger partial charge in [-0.3, -0.25) is 4.98 Å². The zero-order chi connectivity index (χ0) is 16.4. The molecule has 0 spiro atoms. The molecular weight excluding hydrogens is 294 g/mol. The number of carbonyl (C=O) groups excluding carboxylic acids is 1. The number of carbonyl (C=O) groups is 1. The number of esters is 1. The molecule has 0 saturated carbocycles. The van der Waals surface area contributed by atoms with Crippen molar-refractivity contribution >= 4 is 16.9 Å². The summed E-state index contributed by atoms with van der Waals surface area (Å²) in [7, 11) is 2.88. The second kappa shape index (κ2) is 5.96. The SMILES string of the molecule is COC(=O)c1ccnc2ccc(-c3ccc(OC)cc3O)cc12. The topological polar surface area (TPSA) is 68.7 Å². The lowest BCUT2D eigenvalue weighted by Crippen LogP contribution is -2.02. The molecule has 116 valence electrons. The fourth-order valence-electron chi connectivity index (χ4n) is 2.48. The second-order valence-corrected chi connectivity index (χ2v) is 4.97. The molecule has 1 aromatic heterocycles. The molecule has 0 radical (unpaired) electrons. The first kappa shape index (κ1) is 14.8. The summed E-state index contributed by atoms with van der Waals surface area (Å²) >= 11 is 0. The number of ether oxygens (including phenoxy) is 2. The molecule has 23 heavy (non-hydrogen) atoms. The Morgan fingerprint density at radius 1 is 1.09 bits per heavy atom. The number of fused-ring (bicyclic) bond motifs is 1. The lowest BCUT2D eigenvalue weighted by molar-refractivity contribution is 0.0603. The molecule has 0 atom stereocenters. The van der Waals surface area contributed by atoms with Gasteiger partial charge in [-0.25, -0.2) is 4.79 Å². The molecule has 3 aromatic rings. The van der Waals surface area contributed by atoms with Gasteiger partial charge in [0, 0.05) is 23.2 Å². The van der Waals surface area contributed by atoms with Crippen LogP contribution >= 0.6 is 0 Å². The quantitative estimate of drug-likeness (QED) is 0.751. The molecule has 0 aliphatic heterocycles. The fourth-order valence-corrected chi connectivity index (χ4v) is 2.48. The van der Waals surface area contributed by atoms with Crippen molar-refractivity contribution in [3.63, 3.8) is 0 Å². The van der Waals surface area contributed by atoms with Crippen molar-refractivity contribution < 1.29 is 19.4 Å². The van der Waals surface area contributed by atoms with Crippen LogP contribution in [0.15, 0.2) is 48.7 Å². The van der Waals surface area contributed by atoms with Gasteiger partial charge in [-0.05, 0) is 35.9 Å². The number of aromatic nitrogens is 1. The smallest absolute Gasteiger partial charge is 0.338 e. The maximum Gasteiger partial charge on any atom is 0.338 e. The average Bonchev–Trinajstić information content (AvgIpc) is 2.60. The number of methoxy groups -OCH3 is 2. The van der Waals surface area contributed by atoms with E-state index in [1.165, 1.54) is 7.11 Å². The molecule has 0 aliphatic rings. The summed E-state index contributed by atoms with van der Waals surface area (Å²) in [4.78, 5) is 16.2. The Morgan fingerprint density at radius 2 is 1.91 bits per heavy atom. The van der Waals surface area contributed by atoms with E-state index in [0.717, 1.165) is 5.56 Å². The first-order valence-corrected chi connectivity index (χ1v) is 6.98. The zero-order valence-corrected chi connectivity index (χ0v) is 12.7. The van der Waals surface area contributed by atoms with Crippen LogP contribution in [0.3, 0.4) is 0 Å². The van der Waals surface area contributed by atoms with Crippen LogP contribution in [0.5, 0.6) is 11.5 Å². The highest BCUT2D eigenvalue weighted by molar-refractivity contribution is 6.04. The summed E-state index contributed by atoms with van der Waals surface area (Å²) in [5, 5.41) is 10.9. The Morgan fingerprint density at radius 3 is 2.61 bits per heavy atom. The van der Waals surface area contributed by atoms with E-state index in [1.807, 2.05) is 12.1 Å². The number of phenolic OH excluding ortho intramolecular Hbond substituents is 1. The minimum Gasteiger partial charge on any atom is -0.507 e. The van der Waals surface area contributed by atoms with Crippen molar-refractivity contribution in [2.75, 3.05) is 14.2 Å². The van der Waals surface area contributed by atoms with Crippen molar-refractivity contribution in [3.05, 3.63) is 54.2 Å². The van der Waals surface area contributed by atoms with Gasteiger partial charge in [0.05, 0.1) is 25.3 Å². The van der Waals surface area contributed by atoms with Crippen LogP contribution in [-0.4, -0.2) is 30.3 Å². The third kappa shape index (κ3) is 2.68. The standard InChI is InChI=1S/C18H15NO4/c1-22-12-4-5-13(17(20)10-12)11-3-6-16-15(9-11)14(7-8-19-16)18(21)23-2/h3-10,20H,1-2H3. The molecule has 1 heterocycles. The van der Waals surface area contributed by atoms with E-state index in [1.54, 1.807) is 43.6 Å². The van der Waals surface area contributed by atoms with Gasteiger partial charge in [-0.15, -0.1) is 0 Å². The Hall–Kier alpha value is -3.08. The molecule has 5 heteroatoms. The molecule has 1 N–H and O–H groups in total. The first-order chi connectivity index (χ1) is 11.1. The van der Waals surface area contributed by atoms with Gasteiger partial charge in [0.15, 0.2) is 0 Å². The van der Waals surface area contributed by atoms with Crippen LogP contribution in [0, 0.1) is 0 Å². The number of rotatable bonds is 3. The van der Waals surface area contributed by atoms with Crippen LogP contribution < -0.4 is 4.74 Å². The van der Waals surface area contributed by atoms with Gasteiger partial charge in [-0.2, -0.15) is 0 Å². The molecule has 0 bridgehead atoms. The van der Waals surface area contributed by atoms with E-state index < -0.39 is 5.97 Å². The van der Waals surface area contributed by atoms with Gasteiger partial charge in [0.2, 0.25) is 0 Å². The number of nitrogens with zero attached hydrogens (tertiary/aromatic N) is 1. The second-order valence-electron chi connectivity index (χ2n) is 4.97. The molecular formula is C18H15NO4. The van der Waals surface area contributed by atoms with Crippen molar-refractivity contribution in [2.45, 2.75) is 0 Å². The van der Waals surface area contributed by atoms with Crippen LogP contribution in [-0.2, 0) is 4.74 Å². The predicted octanol–water partition coefficient (Wildman–Crippen LogP) is 3.40. The van der Waals surface area contributed by atoms with Crippen LogP contribution in [0.4, 0.5) is 0 Å². The maximum absolute atomic E-state index is 11.9. The van der Waals surface area contributed by atoms with Gasteiger partial charge in [-0.1, -0.05) is 6.07 Å². The molecule has 5 nitrogen and oxygen atoms in total. The minimum absolute atomic E-state index is 0.104. The van der Waals surface area contributed by atoms with E-state index in [4.69, 9.17) is 9.47 Å². The Labute approximate surface area is 133 Å². The van der Waals surface area contributed by atoms with E-state index in [0.29, 0.717) is 27.8 Å². The molecule has 3 rings (SSSR count). The number of phenols is 1. The molecule has 0 fully saturated rings. The van der Waals surface area contributed by atoms with Crippen molar-refractivity contribution in [2.24, 2.45) is 0 Å². The van der Waals surface area contributed by atoms with Gasteiger partial charge >= 0.3 is 5.97 Å². The summed E-state index contributed by atoms with van der Waals surface area (Å²) in [5.41, 5.74) is 2.54. The summed E-state index contributed by atoms with van der Waals surface area (Å²) in [6.07, 6.45) is 1.57. The van der Waals surface area contributed by atoms with Gasteiger partial charge in [0.1, 0.15) is 11.5 Å². The van der Waals surface area contributed by atoms with Crippen LogP contribution in [0.2, 0.25) is 0 Å². The van der Waals surface area contributed by atoms with Gasteiger partial charge < -0.3 is 14.6 Å². The highest BCUT2D eigenvalue weighted by Crippen LogP contribution is 2.34. The third-order valence-corrected chi connectivity index (χ3v) is 3.66. The highest BCUT2D eigenvalue weighted by atomic mass is 16.5. The predicted molar refractivity (Wildman–Crippen MR) is 86.7 cm³/mol. The summed E-state index contributed by atoms with van der Waals surface area (Å²) in [6, 6.07) is 12.2. The van der Waals surface area contributed by atoms with E-state index in [2.05, 4.69) is 4.98 Å². The van der Waals surface area contributed by atoms with Crippen LogP contribution in [0.25, 0.3) is 22.0 Å². The fraction of sp³-hybridized carbons (Fsp3) is 0.111. The minimum atomic E-state index is -0.423. The molecule has 0 aliphatic carbocycles. The largest absolute Gasteiger partial charge is 0.507 e. The summed E-state index contributed by atoms with van der Waals surface area (Å²) < 4.78 is 9.90. The number of benzene rings is 2. The normalized spacial score (nSPS) is 10.5. The first-order valence-electron chi connectivity index (χ1n) is 6.98. The van der Waals surface area contributed by atoms with Crippen LogP contribution in [0.1, 0.15) is 10.4 Å². The number of hydrogen-bond acceptors (Lipinski definition) is 5. The monoisotopic (exact) mass is 309 g/mol. The Bertz CT molecular complexity index is 889. The van der Waals surface area contributed by atoms with Crippen molar-refractivity contribution in [3.8, 4) is 22.6 Å². The summed E-state index contributed by atoms with van der Waals surface area (Å²) in [6.45, 7) is 0. The molecule has 0 saturated heterocycles. The molecule has 0 unspecified atom stereocenters. The van der Waals surface area contributed by atoms with E-state index in [-0.39, 0.29) is 5.75 Å². The number of pyridine rings is 1. The molecule has 2 aromatic carbocycles. The number of hydrogen-bond donors (Lipinski definition) is 1. The lowest BCUT2D eigenvalue weighted by atomic mass is 10.00. The maximum atomic E-state index is 11.9. The highest BCUT2D eigenvalue weighted by Gasteiger charge is 2.13. The van der Waals surface area contributed by atoms with E-state index >= 15 is 0 Å². The zero-order valence-electron chi connectivity index (χ0n) is 12.7. The summed E-state index contributed by atoms with van der Waals surface area (Å²) in [5.74, 6) is 0.254. The lowest BCUT2D eigenvalue weighted by Gasteiger charge is -2.09. The number of aromatic hydroxyl groups is 1. The van der Waals surface area contributed by atoms with Crippen molar-refractivity contribution in [1.82, 2.24) is 4.98 Å².